The first-order valence-electron chi connectivity index (χ1n) is 6.26. The van der Waals surface area contributed by atoms with Crippen molar-refractivity contribution in [2.45, 2.75) is 38.0 Å². The highest BCUT2D eigenvalue weighted by atomic mass is 16.1. The van der Waals surface area contributed by atoms with Crippen LogP contribution in [-0.2, 0) is 0 Å². The molecule has 2 aromatic heterocycles. The summed E-state index contributed by atoms with van der Waals surface area (Å²) in [5, 5.41) is 0. The molecule has 0 unspecified atom stereocenters. The molecule has 2 heterocycles. The smallest absolute Gasteiger partial charge is 0.271 e. The fourth-order valence-electron chi connectivity index (χ4n) is 2.59. The summed E-state index contributed by atoms with van der Waals surface area (Å²) in [4.78, 5) is 27.1. The summed E-state index contributed by atoms with van der Waals surface area (Å²) < 4.78 is 0. The van der Waals surface area contributed by atoms with Gasteiger partial charge in [-0.1, -0.05) is 19.3 Å². The van der Waals surface area contributed by atoms with Crippen LogP contribution in [0.5, 0.6) is 0 Å². The van der Waals surface area contributed by atoms with Crippen molar-refractivity contribution in [1.82, 2.24) is 19.9 Å². The molecule has 3 rings (SSSR count). The van der Waals surface area contributed by atoms with Gasteiger partial charge in [-0.25, -0.2) is 15.0 Å². The molecule has 0 bridgehead atoms. The number of hydrogen-bond donors (Lipinski definition) is 2. The number of fused-ring (bicyclic) bond motifs is 1. The number of nitrogens with zero attached hydrogens (tertiary/aromatic N) is 3. The quantitative estimate of drug-likeness (QED) is 0.790. The normalized spacial score (nSPS) is 17.1. The van der Waals surface area contributed by atoms with Gasteiger partial charge in [-0.05, 0) is 12.8 Å². The monoisotopic (exact) mass is 245 g/mol. The van der Waals surface area contributed by atoms with Crippen molar-refractivity contribution in [3.05, 3.63) is 22.4 Å². The second-order valence-electron chi connectivity index (χ2n) is 4.74. The van der Waals surface area contributed by atoms with Crippen LogP contribution < -0.4 is 11.3 Å². The van der Waals surface area contributed by atoms with E-state index in [-0.39, 0.29) is 11.5 Å². The molecule has 6 nitrogen and oxygen atoms in total. The van der Waals surface area contributed by atoms with Crippen LogP contribution in [0.15, 0.2) is 11.1 Å². The lowest BCUT2D eigenvalue weighted by Gasteiger charge is -2.20. The Morgan fingerprint density at radius 1 is 1.22 bits per heavy atom. The number of nitrogen functional groups attached to an aromatic ring is 1. The molecule has 0 atom stereocenters. The van der Waals surface area contributed by atoms with Crippen molar-refractivity contribution in [2.24, 2.45) is 0 Å². The molecule has 0 aliphatic heterocycles. The Kier molecular flexibility index (Phi) is 2.70. The fraction of sp³-hybridized carbons (Fsp3) is 0.500. The summed E-state index contributed by atoms with van der Waals surface area (Å²) in [6.07, 6.45) is 6.93. The molecule has 0 saturated heterocycles. The van der Waals surface area contributed by atoms with Crippen LogP contribution in [0.25, 0.3) is 11.2 Å². The molecule has 6 heteroatoms. The van der Waals surface area contributed by atoms with Gasteiger partial charge in [-0.2, -0.15) is 0 Å². The van der Waals surface area contributed by atoms with E-state index in [1.807, 2.05) is 0 Å². The number of H-pyrrole nitrogens is 1. The predicted octanol–water partition coefficient (Wildman–Crippen LogP) is 1.34. The van der Waals surface area contributed by atoms with E-state index in [4.69, 9.17) is 5.73 Å². The molecule has 1 aliphatic rings. The second-order valence-corrected chi connectivity index (χ2v) is 4.74. The van der Waals surface area contributed by atoms with E-state index in [0.717, 1.165) is 25.7 Å². The fourth-order valence-corrected chi connectivity index (χ4v) is 2.59. The van der Waals surface area contributed by atoms with Gasteiger partial charge in [0.05, 0.1) is 0 Å². The van der Waals surface area contributed by atoms with Gasteiger partial charge in [0.15, 0.2) is 11.5 Å². The Labute approximate surface area is 104 Å². The molecular weight excluding hydrogens is 230 g/mol. The lowest BCUT2D eigenvalue weighted by Crippen LogP contribution is -2.21. The molecule has 1 saturated carbocycles. The lowest BCUT2D eigenvalue weighted by molar-refractivity contribution is 0.434. The maximum atomic E-state index is 12.0. The number of hydrogen-bond acceptors (Lipinski definition) is 5. The maximum Gasteiger partial charge on any atom is 0.271 e. The minimum Gasteiger partial charge on any atom is -0.382 e. The third-order valence-corrected chi connectivity index (χ3v) is 3.54. The van der Waals surface area contributed by atoms with Crippen LogP contribution in [0.1, 0.15) is 43.7 Å². The van der Waals surface area contributed by atoms with Crippen molar-refractivity contribution >= 4 is 17.0 Å². The molecule has 0 amide bonds. The zero-order valence-electron chi connectivity index (χ0n) is 10.0. The van der Waals surface area contributed by atoms with Crippen LogP contribution >= 0.6 is 0 Å². The van der Waals surface area contributed by atoms with Crippen LogP contribution in [0.4, 0.5) is 5.82 Å². The number of aromatic nitrogens is 4. The maximum absolute atomic E-state index is 12.0. The molecule has 2 aromatic rings. The molecule has 94 valence electrons. The zero-order valence-corrected chi connectivity index (χ0v) is 10.0. The summed E-state index contributed by atoms with van der Waals surface area (Å²) >= 11 is 0. The average molecular weight is 245 g/mol. The lowest BCUT2D eigenvalue weighted by atomic mass is 9.87. The van der Waals surface area contributed by atoms with E-state index in [2.05, 4.69) is 19.9 Å². The van der Waals surface area contributed by atoms with Gasteiger partial charge in [0.1, 0.15) is 17.5 Å². The number of rotatable bonds is 1. The number of nitrogens with one attached hydrogen (secondary N) is 1. The number of nitrogens with two attached hydrogens (primary N) is 1. The van der Waals surface area contributed by atoms with E-state index in [1.165, 1.54) is 12.7 Å². The molecule has 3 N–H and O–H groups in total. The standard InChI is InChI=1S/C12H15N5O/c13-10-9-11(15-6-14-10)17-12(18)8(16-9)7-4-2-1-3-5-7/h6-7H,1-5H2,(H3,13,14,15,17,18). The minimum absolute atomic E-state index is 0.146. The summed E-state index contributed by atoms with van der Waals surface area (Å²) in [5.74, 6) is 0.555. The Hall–Kier alpha value is -1.98. The van der Waals surface area contributed by atoms with Crippen molar-refractivity contribution in [2.75, 3.05) is 5.73 Å². The summed E-state index contributed by atoms with van der Waals surface area (Å²) in [6.45, 7) is 0. The van der Waals surface area contributed by atoms with Crippen molar-refractivity contribution in [1.29, 1.82) is 0 Å². The predicted molar refractivity (Wildman–Crippen MR) is 68.2 cm³/mol. The molecule has 0 aromatic carbocycles. The van der Waals surface area contributed by atoms with Crippen molar-refractivity contribution < 1.29 is 0 Å². The van der Waals surface area contributed by atoms with E-state index < -0.39 is 0 Å². The summed E-state index contributed by atoms with van der Waals surface area (Å²) in [6, 6.07) is 0. The molecule has 0 radical (unpaired) electrons. The summed E-state index contributed by atoms with van der Waals surface area (Å²) in [5.41, 5.74) is 7.12. The third kappa shape index (κ3) is 1.83. The Morgan fingerprint density at radius 2 is 2.00 bits per heavy atom. The van der Waals surface area contributed by atoms with Gasteiger partial charge in [0, 0.05) is 5.92 Å². The summed E-state index contributed by atoms with van der Waals surface area (Å²) in [7, 11) is 0. The van der Waals surface area contributed by atoms with Crippen LogP contribution in [0, 0.1) is 0 Å². The zero-order chi connectivity index (χ0) is 12.5. The van der Waals surface area contributed by atoms with E-state index >= 15 is 0 Å². The highest BCUT2D eigenvalue weighted by molar-refractivity contribution is 5.80. The minimum atomic E-state index is -0.146. The Bertz CT molecular complexity index is 630. The van der Waals surface area contributed by atoms with Gasteiger partial charge < -0.3 is 10.7 Å². The van der Waals surface area contributed by atoms with Gasteiger partial charge >= 0.3 is 0 Å². The van der Waals surface area contributed by atoms with Gasteiger partial charge in [-0.3, -0.25) is 4.79 Å². The molecular formula is C12H15N5O. The highest BCUT2D eigenvalue weighted by Crippen LogP contribution is 2.30. The Morgan fingerprint density at radius 3 is 2.78 bits per heavy atom. The van der Waals surface area contributed by atoms with Crippen LogP contribution in [0.3, 0.4) is 0 Å². The van der Waals surface area contributed by atoms with Gasteiger partial charge in [0.2, 0.25) is 0 Å². The second kappa shape index (κ2) is 4.36. The topological polar surface area (TPSA) is 97.5 Å². The first-order valence-corrected chi connectivity index (χ1v) is 6.26. The van der Waals surface area contributed by atoms with Gasteiger partial charge in [-0.15, -0.1) is 0 Å². The van der Waals surface area contributed by atoms with E-state index in [0.29, 0.717) is 22.7 Å². The first-order chi connectivity index (χ1) is 8.75. The third-order valence-electron chi connectivity index (χ3n) is 3.54. The molecule has 1 aliphatic carbocycles. The van der Waals surface area contributed by atoms with Crippen molar-refractivity contribution in [3.8, 4) is 0 Å². The first kappa shape index (κ1) is 11.1. The van der Waals surface area contributed by atoms with Crippen LogP contribution in [0.2, 0.25) is 0 Å². The largest absolute Gasteiger partial charge is 0.382 e. The molecule has 0 spiro atoms. The van der Waals surface area contributed by atoms with Crippen LogP contribution in [-0.4, -0.2) is 19.9 Å². The van der Waals surface area contributed by atoms with E-state index in [9.17, 15) is 4.79 Å². The van der Waals surface area contributed by atoms with Gasteiger partial charge in [0.25, 0.3) is 5.56 Å². The highest BCUT2D eigenvalue weighted by Gasteiger charge is 2.21. The molecule has 1 fully saturated rings. The van der Waals surface area contributed by atoms with Crippen molar-refractivity contribution in [3.63, 3.8) is 0 Å². The number of anilines is 1. The van der Waals surface area contributed by atoms with E-state index in [1.54, 1.807) is 0 Å². The SMILES string of the molecule is Nc1ncnc2[nH]c(=O)c(C3CCCCC3)nc12. The Balaban J connectivity index is 2.14. The average Bonchev–Trinajstić information content (AvgIpc) is 2.39. The molecule has 18 heavy (non-hydrogen) atoms. The number of aromatic amines is 1.